The van der Waals surface area contributed by atoms with Crippen LogP contribution in [0.25, 0.3) is 0 Å². The Morgan fingerprint density at radius 3 is 2.36 bits per heavy atom. The predicted molar refractivity (Wildman–Crippen MR) is 202 cm³/mol. The predicted octanol–water partition coefficient (Wildman–Crippen LogP) is 2.19. The van der Waals surface area contributed by atoms with E-state index in [2.05, 4.69) is 25.5 Å². The van der Waals surface area contributed by atoms with Crippen LogP contribution in [0.1, 0.15) is 76.2 Å². The van der Waals surface area contributed by atoms with Gasteiger partial charge in [-0.15, -0.1) is 0 Å². The fraction of sp³-hybridized carbons (Fsp3) is 0.421. The van der Waals surface area contributed by atoms with E-state index in [0.29, 0.717) is 44.3 Å². The minimum atomic E-state index is -3.38. The van der Waals surface area contributed by atoms with Crippen LogP contribution in [-0.2, 0) is 29.0 Å². The number of hydrogen-bond acceptors (Lipinski definition) is 14. The Bertz CT molecular complexity index is 2210. The molecule has 1 aromatic heterocycles. The van der Waals surface area contributed by atoms with Crippen molar-refractivity contribution in [1.82, 2.24) is 20.2 Å². The molecule has 0 aliphatic carbocycles. The van der Waals surface area contributed by atoms with Gasteiger partial charge in [0.05, 0.1) is 35.2 Å². The largest absolute Gasteiger partial charge is 0.465 e. The number of benzene rings is 2. The van der Waals surface area contributed by atoms with E-state index in [1.165, 1.54) is 18.3 Å². The molecule has 0 unspecified atom stereocenters. The number of nitrogens with zero attached hydrogens (tertiary/aromatic N) is 5. The molecule has 5 amide bonds. The lowest BCUT2D eigenvalue weighted by molar-refractivity contribution is -0.146. The van der Waals surface area contributed by atoms with Crippen LogP contribution in [0, 0.1) is 11.8 Å². The van der Waals surface area contributed by atoms with Crippen LogP contribution in [0.3, 0.4) is 0 Å². The fourth-order valence-electron chi connectivity index (χ4n) is 7.68. The molecule has 3 fully saturated rings. The van der Waals surface area contributed by atoms with E-state index in [4.69, 9.17) is 10.5 Å². The van der Waals surface area contributed by atoms with Crippen LogP contribution < -0.4 is 26.2 Å². The van der Waals surface area contributed by atoms with Gasteiger partial charge in [0.15, 0.2) is 21.3 Å². The molecule has 4 aliphatic rings. The van der Waals surface area contributed by atoms with Crippen molar-refractivity contribution in [3.8, 4) is 0 Å². The first-order valence-electron chi connectivity index (χ1n) is 18.5. The van der Waals surface area contributed by atoms with E-state index in [0.717, 1.165) is 42.5 Å². The van der Waals surface area contributed by atoms with Gasteiger partial charge in [-0.2, -0.15) is 0 Å². The van der Waals surface area contributed by atoms with Crippen molar-refractivity contribution >= 4 is 68.4 Å². The van der Waals surface area contributed by atoms with Crippen molar-refractivity contribution in [3.63, 3.8) is 0 Å². The quantitative estimate of drug-likeness (QED) is 0.187. The van der Waals surface area contributed by atoms with E-state index in [1.54, 1.807) is 30.3 Å². The number of anilines is 4. The van der Waals surface area contributed by atoms with Gasteiger partial charge in [-0.25, -0.2) is 18.4 Å². The molecule has 17 nitrogen and oxygen atoms in total. The molecule has 0 bridgehead atoms. The number of esters is 1. The Labute approximate surface area is 322 Å². The number of primary amides is 1. The van der Waals surface area contributed by atoms with Gasteiger partial charge < -0.3 is 25.6 Å². The SMILES string of the molecule is CS(=O)(=O)c1ccc(Nc2nc(N3CCC[C@@H](CC(=O)OCC4CCN(c5ccc6c(c5)C(=O)N([C@H]5CCC(=O)NC5=O)C6=O)CC4)C3)cnc2C(N)=O)cc1. The third-order valence-corrected chi connectivity index (χ3v) is 11.8. The van der Waals surface area contributed by atoms with Gasteiger partial charge >= 0.3 is 5.97 Å². The average molecular weight is 787 g/mol. The highest BCUT2D eigenvalue weighted by molar-refractivity contribution is 7.90. The smallest absolute Gasteiger partial charge is 0.306 e. The molecule has 18 heteroatoms. The molecular formula is C38H42N8O9S. The first-order chi connectivity index (χ1) is 26.7. The number of carbonyl (C=O) groups excluding carboxylic acids is 6. The van der Waals surface area contributed by atoms with Crippen molar-refractivity contribution in [2.24, 2.45) is 17.6 Å². The van der Waals surface area contributed by atoms with Crippen LogP contribution in [0.4, 0.5) is 23.0 Å². The number of ether oxygens (including phenoxy) is 1. The number of piperidine rings is 3. The topological polar surface area (TPSA) is 231 Å². The Kier molecular flexibility index (Phi) is 10.7. The number of fused-ring (bicyclic) bond motifs is 1. The molecular weight excluding hydrogens is 745 g/mol. The maximum Gasteiger partial charge on any atom is 0.306 e. The molecule has 294 valence electrons. The number of sulfone groups is 1. The van der Waals surface area contributed by atoms with Gasteiger partial charge in [0.25, 0.3) is 17.7 Å². The highest BCUT2D eigenvalue weighted by Crippen LogP contribution is 2.33. The van der Waals surface area contributed by atoms with Crippen LogP contribution in [0.2, 0.25) is 0 Å². The van der Waals surface area contributed by atoms with Crippen molar-refractivity contribution in [2.45, 2.75) is 55.9 Å². The van der Waals surface area contributed by atoms with Gasteiger partial charge in [0.2, 0.25) is 11.8 Å². The number of imide groups is 2. The Hall–Kier alpha value is -5.91. The van der Waals surface area contributed by atoms with Crippen molar-refractivity contribution in [2.75, 3.05) is 54.2 Å². The number of rotatable bonds is 11. The van der Waals surface area contributed by atoms with Crippen molar-refractivity contribution in [3.05, 3.63) is 65.5 Å². The fourth-order valence-corrected chi connectivity index (χ4v) is 8.31. The maximum atomic E-state index is 13.3. The van der Waals surface area contributed by atoms with E-state index in [9.17, 15) is 37.2 Å². The number of hydrogen-bond donors (Lipinski definition) is 3. The third kappa shape index (κ3) is 8.19. The van der Waals surface area contributed by atoms with Crippen molar-refractivity contribution in [1.29, 1.82) is 0 Å². The van der Waals surface area contributed by atoms with Gasteiger partial charge in [-0.05, 0) is 86.4 Å². The Balaban J connectivity index is 0.895. The molecule has 3 saturated heterocycles. The van der Waals surface area contributed by atoms with Gasteiger partial charge in [-0.1, -0.05) is 0 Å². The molecule has 2 atom stereocenters. The molecule has 7 rings (SSSR count). The van der Waals surface area contributed by atoms with Gasteiger partial charge in [-0.3, -0.25) is 39.0 Å². The second-order valence-electron chi connectivity index (χ2n) is 14.7. The maximum absolute atomic E-state index is 13.3. The Morgan fingerprint density at radius 2 is 1.66 bits per heavy atom. The summed E-state index contributed by atoms with van der Waals surface area (Å²) in [5, 5.41) is 5.23. The molecule has 56 heavy (non-hydrogen) atoms. The summed E-state index contributed by atoms with van der Waals surface area (Å²) in [5.74, 6) is -2.42. The van der Waals surface area contributed by atoms with Crippen LogP contribution in [0.5, 0.6) is 0 Å². The molecule has 4 N–H and O–H groups in total. The monoisotopic (exact) mass is 786 g/mol. The zero-order chi connectivity index (χ0) is 39.7. The van der Waals surface area contributed by atoms with Gasteiger partial charge in [0, 0.05) is 50.2 Å². The number of nitrogens with one attached hydrogen (secondary N) is 2. The lowest BCUT2D eigenvalue weighted by Crippen LogP contribution is -2.54. The Morgan fingerprint density at radius 1 is 0.929 bits per heavy atom. The number of amides is 5. The zero-order valence-corrected chi connectivity index (χ0v) is 31.5. The molecule has 5 heterocycles. The summed E-state index contributed by atoms with van der Waals surface area (Å²) in [6.45, 7) is 2.82. The van der Waals surface area contributed by atoms with E-state index < -0.39 is 45.4 Å². The molecule has 2 aromatic carbocycles. The minimum absolute atomic E-state index is 0.0102. The summed E-state index contributed by atoms with van der Waals surface area (Å²) in [6, 6.07) is 10.1. The number of aromatic nitrogens is 2. The second-order valence-corrected chi connectivity index (χ2v) is 16.7. The zero-order valence-electron chi connectivity index (χ0n) is 30.7. The second kappa shape index (κ2) is 15.7. The summed E-state index contributed by atoms with van der Waals surface area (Å²) in [6.07, 6.45) is 6.13. The summed E-state index contributed by atoms with van der Waals surface area (Å²) < 4.78 is 29.4. The van der Waals surface area contributed by atoms with E-state index >= 15 is 0 Å². The van der Waals surface area contributed by atoms with Crippen molar-refractivity contribution < 1.29 is 41.9 Å². The average Bonchev–Trinajstić information content (AvgIpc) is 3.42. The summed E-state index contributed by atoms with van der Waals surface area (Å²) >= 11 is 0. The van der Waals surface area contributed by atoms with Crippen LogP contribution in [0.15, 0.2) is 53.6 Å². The molecule has 3 aromatic rings. The standard InChI is InChI=1S/C38H42N8O9S/c1-56(53,54)26-7-4-24(5-8-26)41-35-33(34(39)49)40-19-30(42-35)45-14-2-3-23(20-45)17-32(48)55-21-22-12-15-44(16-13-22)25-6-9-27-28(18-25)38(52)46(37(27)51)29-10-11-31(47)43-36(29)50/h4-9,18-19,22-23,29H,2-3,10-17,20-21H2,1H3,(H2,39,49)(H,41,42)(H,43,47,50)/t23-,29-/m0/s1. The van der Waals surface area contributed by atoms with E-state index in [-0.39, 0.29) is 64.6 Å². The number of carbonyl (C=O) groups is 6. The summed E-state index contributed by atoms with van der Waals surface area (Å²) in [7, 11) is -3.38. The molecule has 0 spiro atoms. The lowest BCUT2D eigenvalue weighted by Gasteiger charge is -2.34. The molecule has 0 radical (unpaired) electrons. The van der Waals surface area contributed by atoms with E-state index in [1.807, 2.05) is 4.90 Å². The minimum Gasteiger partial charge on any atom is -0.465 e. The first kappa shape index (κ1) is 38.4. The van der Waals surface area contributed by atoms with Crippen LogP contribution >= 0.6 is 0 Å². The lowest BCUT2D eigenvalue weighted by atomic mass is 9.94. The molecule has 4 aliphatic heterocycles. The van der Waals surface area contributed by atoms with Gasteiger partial charge in [0.1, 0.15) is 11.9 Å². The molecule has 0 saturated carbocycles. The highest BCUT2D eigenvalue weighted by Gasteiger charge is 2.45. The summed E-state index contributed by atoms with van der Waals surface area (Å²) in [5.41, 5.74) is 7.24. The number of nitrogens with two attached hydrogens (primary N) is 1. The summed E-state index contributed by atoms with van der Waals surface area (Å²) in [4.78, 5) is 89.6. The van der Waals surface area contributed by atoms with Crippen LogP contribution in [-0.4, -0.2) is 104 Å². The third-order valence-electron chi connectivity index (χ3n) is 10.7. The first-order valence-corrected chi connectivity index (χ1v) is 20.4. The normalized spacial score (nSPS) is 20.5. The highest BCUT2D eigenvalue weighted by atomic mass is 32.2.